The normalized spacial score (nSPS) is 17.4. The molecule has 0 saturated carbocycles. The lowest BCUT2D eigenvalue weighted by molar-refractivity contribution is -0.131. The van der Waals surface area contributed by atoms with Crippen molar-refractivity contribution in [1.29, 1.82) is 0 Å². The number of rotatable bonds is 7. The van der Waals surface area contributed by atoms with E-state index in [1.54, 1.807) is 29.8 Å². The standard InChI is InChI=1S/C20H21N3O2S2/c24-18-8-11-27-20(23(18)9-12-26-14-16-7-4-10-25-16)17-13-21-19(22-17)15-5-2-1-3-6-15/h1-7,10,13,20H,8-9,11-12,14H2,(H,21,22). The molecular weight excluding hydrogens is 378 g/mol. The lowest BCUT2D eigenvalue weighted by Crippen LogP contribution is -2.38. The van der Waals surface area contributed by atoms with Gasteiger partial charge in [-0.25, -0.2) is 4.98 Å². The van der Waals surface area contributed by atoms with Crippen LogP contribution in [0.4, 0.5) is 0 Å². The quantitative estimate of drug-likeness (QED) is 0.590. The average molecular weight is 400 g/mol. The molecule has 3 aromatic rings. The number of hydrogen-bond acceptors (Lipinski definition) is 5. The highest BCUT2D eigenvalue weighted by molar-refractivity contribution is 7.99. The van der Waals surface area contributed by atoms with Crippen LogP contribution in [0.3, 0.4) is 0 Å². The van der Waals surface area contributed by atoms with Crippen molar-refractivity contribution in [2.45, 2.75) is 17.5 Å². The molecule has 1 aliphatic rings. The number of aromatic nitrogens is 2. The van der Waals surface area contributed by atoms with E-state index in [0.717, 1.165) is 46.6 Å². The van der Waals surface area contributed by atoms with Crippen molar-refractivity contribution in [3.63, 3.8) is 0 Å². The van der Waals surface area contributed by atoms with Crippen molar-refractivity contribution in [3.05, 3.63) is 66.4 Å². The lowest BCUT2D eigenvalue weighted by atomic mass is 10.2. The molecule has 1 fully saturated rings. The third-order valence-electron chi connectivity index (χ3n) is 4.40. The molecule has 1 unspecified atom stereocenters. The molecule has 0 radical (unpaired) electrons. The van der Waals surface area contributed by atoms with E-state index in [0.29, 0.717) is 6.42 Å². The molecule has 5 nitrogen and oxygen atoms in total. The van der Waals surface area contributed by atoms with Gasteiger partial charge < -0.3 is 14.3 Å². The zero-order chi connectivity index (χ0) is 18.5. The maximum Gasteiger partial charge on any atom is 0.224 e. The van der Waals surface area contributed by atoms with Crippen molar-refractivity contribution in [2.75, 3.05) is 18.1 Å². The Morgan fingerprint density at radius 2 is 2.15 bits per heavy atom. The minimum atomic E-state index is 0.000394. The molecule has 4 rings (SSSR count). The molecular formula is C20H21N3O2S2. The van der Waals surface area contributed by atoms with Crippen LogP contribution in [0.15, 0.2) is 59.3 Å². The van der Waals surface area contributed by atoms with E-state index >= 15 is 0 Å². The van der Waals surface area contributed by atoms with E-state index in [1.807, 2.05) is 53.6 Å². The number of thioether (sulfide) groups is 2. The molecule has 0 spiro atoms. The van der Waals surface area contributed by atoms with Gasteiger partial charge in [-0.15, -0.1) is 11.8 Å². The van der Waals surface area contributed by atoms with Crippen molar-refractivity contribution in [2.24, 2.45) is 0 Å². The molecule has 1 atom stereocenters. The summed E-state index contributed by atoms with van der Waals surface area (Å²) in [5.74, 6) is 4.58. The number of amides is 1. The van der Waals surface area contributed by atoms with E-state index in [4.69, 9.17) is 4.42 Å². The van der Waals surface area contributed by atoms with Crippen molar-refractivity contribution >= 4 is 29.4 Å². The highest BCUT2D eigenvalue weighted by Crippen LogP contribution is 2.37. The summed E-state index contributed by atoms with van der Waals surface area (Å²) in [6, 6.07) is 13.9. The van der Waals surface area contributed by atoms with Gasteiger partial charge in [0.05, 0.1) is 23.9 Å². The fraction of sp³-hybridized carbons (Fsp3) is 0.300. The minimum absolute atomic E-state index is 0.000394. The zero-order valence-electron chi connectivity index (χ0n) is 14.8. The first kappa shape index (κ1) is 18.3. The average Bonchev–Trinajstić information content (AvgIpc) is 3.39. The predicted octanol–water partition coefficient (Wildman–Crippen LogP) is 4.57. The number of benzene rings is 1. The van der Waals surface area contributed by atoms with Crippen LogP contribution in [0.2, 0.25) is 0 Å². The van der Waals surface area contributed by atoms with Gasteiger partial charge in [-0.3, -0.25) is 4.79 Å². The molecule has 0 bridgehead atoms. The number of nitrogens with zero attached hydrogens (tertiary/aromatic N) is 2. The van der Waals surface area contributed by atoms with E-state index in [2.05, 4.69) is 9.97 Å². The van der Waals surface area contributed by atoms with Crippen LogP contribution >= 0.6 is 23.5 Å². The minimum Gasteiger partial charge on any atom is -0.468 e. The number of imidazole rings is 1. The fourth-order valence-electron chi connectivity index (χ4n) is 3.06. The predicted molar refractivity (Wildman–Crippen MR) is 110 cm³/mol. The van der Waals surface area contributed by atoms with E-state index < -0.39 is 0 Å². The summed E-state index contributed by atoms with van der Waals surface area (Å²) in [7, 11) is 0. The number of carbonyl (C=O) groups excluding carboxylic acids is 1. The van der Waals surface area contributed by atoms with E-state index in [9.17, 15) is 4.79 Å². The number of aromatic amines is 1. The second kappa shape index (κ2) is 8.71. The van der Waals surface area contributed by atoms with Crippen LogP contribution in [0.25, 0.3) is 11.4 Å². The lowest BCUT2D eigenvalue weighted by Gasteiger charge is -2.34. The summed E-state index contributed by atoms with van der Waals surface area (Å²) in [6.07, 6.45) is 4.16. The van der Waals surface area contributed by atoms with Gasteiger partial charge >= 0.3 is 0 Å². The Balaban J connectivity index is 1.42. The molecule has 1 amide bonds. The summed E-state index contributed by atoms with van der Waals surface area (Å²) >= 11 is 3.58. The summed E-state index contributed by atoms with van der Waals surface area (Å²) in [4.78, 5) is 22.4. The maximum absolute atomic E-state index is 12.5. The third kappa shape index (κ3) is 4.42. The van der Waals surface area contributed by atoms with Crippen LogP contribution in [0.5, 0.6) is 0 Å². The number of hydrogen-bond donors (Lipinski definition) is 1. The summed E-state index contributed by atoms with van der Waals surface area (Å²) in [5, 5.41) is 0.000394. The van der Waals surface area contributed by atoms with Crippen LogP contribution in [0, 0.1) is 0 Å². The van der Waals surface area contributed by atoms with Gasteiger partial charge in [0, 0.05) is 30.0 Å². The topological polar surface area (TPSA) is 62.1 Å². The number of H-pyrrole nitrogens is 1. The zero-order valence-corrected chi connectivity index (χ0v) is 16.5. The first-order valence-electron chi connectivity index (χ1n) is 8.93. The van der Waals surface area contributed by atoms with Gasteiger partial charge in [-0.2, -0.15) is 11.8 Å². The maximum atomic E-state index is 12.5. The molecule has 0 aliphatic carbocycles. The smallest absolute Gasteiger partial charge is 0.224 e. The van der Waals surface area contributed by atoms with Crippen molar-refractivity contribution < 1.29 is 9.21 Å². The Labute approximate surface area is 166 Å². The number of carbonyl (C=O) groups is 1. The largest absolute Gasteiger partial charge is 0.468 e. The van der Waals surface area contributed by atoms with Crippen LogP contribution < -0.4 is 0 Å². The van der Waals surface area contributed by atoms with Gasteiger partial charge in [-0.1, -0.05) is 30.3 Å². The second-order valence-corrected chi connectivity index (χ2v) is 8.54. The van der Waals surface area contributed by atoms with Gasteiger partial charge in [0.2, 0.25) is 5.91 Å². The highest BCUT2D eigenvalue weighted by Gasteiger charge is 2.30. The fourth-order valence-corrected chi connectivity index (χ4v) is 5.11. The number of nitrogens with one attached hydrogen (secondary N) is 1. The van der Waals surface area contributed by atoms with E-state index in [1.165, 1.54) is 0 Å². The first-order valence-corrected chi connectivity index (χ1v) is 11.1. The Hall–Kier alpha value is -2.12. The Kier molecular flexibility index (Phi) is 5.89. The Morgan fingerprint density at radius 1 is 1.26 bits per heavy atom. The SMILES string of the molecule is O=C1CCSC(c2cnc(-c3ccccc3)[nH]2)N1CCSCc1ccco1. The molecule has 27 heavy (non-hydrogen) atoms. The summed E-state index contributed by atoms with van der Waals surface area (Å²) in [5.41, 5.74) is 2.04. The monoisotopic (exact) mass is 399 g/mol. The van der Waals surface area contributed by atoms with Crippen LogP contribution in [-0.4, -0.2) is 38.8 Å². The first-order chi connectivity index (χ1) is 13.3. The van der Waals surface area contributed by atoms with Crippen molar-refractivity contribution in [1.82, 2.24) is 14.9 Å². The molecule has 7 heteroatoms. The van der Waals surface area contributed by atoms with Crippen molar-refractivity contribution in [3.8, 4) is 11.4 Å². The Morgan fingerprint density at radius 3 is 2.96 bits per heavy atom. The van der Waals surface area contributed by atoms with Gasteiger partial charge in [0.1, 0.15) is 17.0 Å². The summed E-state index contributed by atoms with van der Waals surface area (Å²) in [6.45, 7) is 0.724. The highest BCUT2D eigenvalue weighted by atomic mass is 32.2. The second-order valence-electron chi connectivity index (χ2n) is 6.25. The van der Waals surface area contributed by atoms with Gasteiger partial charge in [0.25, 0.3) is 0 Å². The summed E-state index contributed by atoms with van der Waals surface area (Å²) < 4.78 is 5.36. The molecule has 1 N–H and O–H groups in total. The molecule has 140 valence electrons. The molecule has 1 saturated heterocycles. The molecule has 3 heterocycles. The van der Waals surface area contributed by atoms with E-state index in [-0.39, 0.29) is 11.3 Å². The van der Waals surface area contributed by atoms with Gasteiger partial charge in [0.15, 0.2) is 0 Å². The Bertz CT molecular complexity index is 865. The van der Waals surface area contributed by atoms with Gasteiger partial charge in [-0.05, 0) is 12.1 Å². The molecule has 1 aliphatic heterocycles. The third-order valence-corrected chi connectivity index (χ3v) is 6.63. The van der Waals surface area contributed by atoms with Crippen LogP contribution in [-0.2, 0) is 10.5 Å². The number of furan rings is 1. The molecule has 2 aromatic heterocycles. The molecule has 1 aromatic carbocycles. The van der Waals surface area contributed by atoms with Crippen LogP contribution in [0.1, 0.15) is 23.2 Å².